The molecule has 0 aliphatic rings. The molecule has 0 radical (unpaired) electrons. The molecule has 0 fully saturated rings. The van der Waals surface area contributed by atoms with Crippen molar-refractivity contribution in [3.05, 3.63) is 54.1 Å². The van der Waals surface area contributed by atoms with E-state index in [1.54, 1.807) is 0 Å². The second kappa shape index (κ2) is 5.19. The highest BCUT2D eigenvalue weighted by Gasteiger charge is 2.22. The summed E-state index contributed by atoms with van der Waals surface area (Å²) in [5, 5.41) is 0. The molecular formula is C13H10F2O4S2. The molecule has 0 saturated carbocycles. The van der Waals surface area contributed by atoms with Gasteiger partial charge in [0.1, 0.15) is 16.5 Å². The fraction of sp³-hybridized carbons (Fsp3) is 0.0769. The quantitative estimate of drug-likeness (QED) is 0.808. The highest BCUT2D eigenvalue weighted by Crippen LogP contribution is 2.24. The number of benzene rings is 2. The Kier molecular flexibility index (Phi) is 3.85. The molecule has 0 spiro atoms. The normalized spacial score (nSPS) is 12.3. The highest BCUT2D eigenvalue weighted by molar-refractivity contribution is 7.91. The monoisotopic (exact) mass is 332 g/mol. The Morgan fingerprint density at radius 2 is 1.33 bits per heavy atom. The van der Waals surface area contributed by atoms with Crippen LogP contribution in [-0.2, 0) is 19.7 Å². The lowest BCUT2D eigenvalue weighted by atomic mass is 10.3. The molecule has 0 aliphatic carbocycles. The fourth-order valence-electron chi connectivity index (χ4n) is 1.69. The van der Waals surface area contributed by atoms with E-state index in [9.17, 15) is 25.6 Å². The van der Waals surface area contributed by atoms with Gasteiger partial charge in [0.05, 0.1) is 9.79 Å². The van der Waals surface area contributed by atoms with E-state index in [1.807, 2.05) is 0 Å². The number of hydrogen-bond donors (Lipinski definition) is 0. The van der Waals surface area contributed by atoms with E-state index in [0.717, 1.165) is 42.7 Å². The summed E-state index contributed by atoms with van der Waals surface area (Å²) in [7, 11) is -7.65. The number of hydrogen-bond acceptors (Lipinski definition) is 4. The first-order valence-electron chi connectivity index (χ1n) is 5.62. The number of sulfone groups is 2. The lowest BCUT2D eigenvalue weighted by Crippen LogP contribution is -2.06. The molecule has 0 atom stereocenters. The average molecular weight is 332 g/mol. The third-order valence-corrected chi connectivity index (χ3v) is 5.68. The van der Waals surface area contributed by atoms with Gasteiger partial charge in [-0.25, -0.2) is 25.6 Å². The molecule has 0 amide bonds. The summed E-state index contributed by atoms with van der Waals surface area (Å²) >= 11 is 0. The summed E-state index contributed by atoms with van der Waals surface area (Å²) in [4.78, 5) is -1.00. The summed E-state index contributed by atoms with van der Waals surface area (Å²) in [6.45, 7) is 0. The first-order chi connectivity index (χ1) is 9.62. The maximum atomic E-state index is 13.6. The van der Waals surface area contributed by atoms with Gasteiger partial charge in [0.25, 0.3) is 0 Å². The third-order valence-electron chi connectivity index (χ3n) is 2.75. The van der Waals surface area contributed by atoms with Crippen LogP contribution >= 0.6 is 0 Å². The van der Waals surface area contributed by atoms with Crippen molar-refractivity contribution in [2.75, 3.05) is 6.26 Å². The summed E-state index contributed by atoms with van der Waals surface area (Å²) < 4.78 is 73.4. The Morgan fingerprint density at radius 1 is 0.810 bits per heavy atom. The van der Waals surface area contributed by atoms with Gasteiger partial charge in [0, 0.05) is 12.3 Å². The Morgan fingerprint density at radius 3 is 1.81 bits per heavy atom. The summed E-state index contributed by atoms with van der Waals surface area (Å²) in [6, 6.07) is 6.49. The predicted octanol–water partition coefficient (Wildman–Crippen LogP) is 2.20. The molecule has 0 unspecified atom stereocenters. The lowest BCUT2D eigenvalue weighted by molar-refractivity contribution is 0.549. The molecule has 0 bridgehead atoms. The predicted molar refractivity (Wildman–Crippen MR) is 71.4 cm³/mol. The van der Waals surface area contributed by atoms with Crippen molar-refractivity contribution >= 4 is 19.7 Å². The van der Waals surface area contributed by atoms with Crippen LogP contribution in [0, 0.1) is 11.6 Å². The summed E-state index contributed by atoms with van der Waals surface area (Å²) in [6.07, 6.45) is 0.982. The van der Waals surface area contributed by atoms with Crippen LogP contribution in [0.15, 0.2) is 57.2 Å². The Hall–Kier alpha value is -1.80. The minimum atomic E-state index is -4.19. The van der Waals surface area contributed by atoms with Crippen molar-refractivity contribution in [3.8, 4) is 0 Å². The molecule has 2 aromatic carbocycles. The molecule has 0 N–H and O–H groups in total. The average Bonchev–Trinajstić information content (AvgIpc) is 2.37. The third kappa shape index (κ3) is 3.11. The molecule has 0 aliphatic heterocycles. The Bertz CT molecular complexity index is 886. The van der Waals surface area contributed by atoms with Crippen molar-refractivity contribution < 1.29 is 25.6 Å². The zero-order chi connectivity index (χ0) is 15.8. The van der Waals surface area contributed by atoms with Crippen LogP contribution in [0.5, 0.6) is 0 Å². The molecule has 0 aromatic heterocycles. The van der Waals surface area contributed by atoms with E-state index < -0.39 is 36.2 Å². The fourth-order valence-corrected chi connectivity index (χ4v) is 3.63. The highest BCUT2D eigenvalue weighted by atomic mass is 32.2. The second-order valence-corrected chi connectivity index (χ2v) is 8.26. The smallest absolute Gasteiger partial charge is 0.209 e. The first kappa shape index (κ1) is 15.6. The van der Waals surface area contributed by atoms with Crippen LogP contribution < -0.4 is 0 Å². The van der Waals surface area contributed by atoms with Crippen LogP contribution in [0.4, 0.5) is 8.78 Å². The van der Waals surface area contributed by atoms with E-state index >= 15 is 0 Å². The van der Waals surface area contributed by atoms with Gasteiger partial charge in [0.2, 0.25) is 9.84 Å². The number of halogens is 2. The van der Waals surface area contributed by atoms with Gasteiger partial charge in [-0.1, -0.05) is 0 Å². The van der Waals surface area contributed by atoms with Crippen molar-refractivity contribution in [3.63, 3.8) is 0 Å². The summed E-state index contributed by atoms with van der Waals surface area (Å²) in [5.74, 6) is -2.10. The molecule has 0 heterocycles. The van der Waals surface area contributed by atoms with Gasteiger partial charge < -0.3 is 0 Å². The van der Waals surface area contributed by atoms with Gasteiger partial charge in [-0.3, -0.25) is 0 Å². The van der Waals surface area contributed by atoms with Crippen LogP contribution in [0.3, 0.4) is 0 Å². The van der Waals surface area contributed by atoms with Gasteiger partial charge in [0.15, 0.2) is 9.84 Å². The van der Waals surface area contributed by atoms with Gasteiger partial charge >= 0.3 is 0 Å². The Labute approximate surface area is 120 Å². The first-order valence-corrected chi connectivity index (χ1v) is 9.00. The molecule has 4 nitrogen and oxygen atoms in total. The van der Waals surface area contributed by atoms with Crippen LogP contribution in [0.1, 0.15) is 0 Å². The second-order valence-electron chi connectivity index (χ2n) is 4.32. The van der Waals surface area contributed by atoms with Gasteiger partial charge in [-0.15, -0.1) is 0 Å². The van der Waals surface area contributed by atoms with E-state index in [1.165, 1.54) is 0 Å². The topological polar surface area (TPSA) is 68.3 Å². The summed E-state index contributed by atoms with van der Waals surface area (Å²) in [5.41, 5.74) is 0. The van der Waals surface area contributed by atoms with Crippen molar-refractivity contribution in [1.82, 2.24) is 0 Å². The van der Waals surface area contributed by atoms with Crippen molar-refractivity contribution in [2.24, 2.45) is 0 Å². The van der Waals surface area contributed by atoms with E-state index in [2.05, 4.69) is 0 Å². The zero-order valence-electron chi connectivity index (χ0n) is 10.7. The molecule has 2 rings (SSSR count). The van der Waals surface area contributed by atoms with Gasteiger partial charge in [-0.05, 0) is 36.4 Å². The minimum absolute atomic E-state index is 0.0546. The lowest BCUT2D eigenvalue weighted by Gasteiger charge is -2.06. The molecule has 112 valence electrons. The minimum Gasteiger partial charge on any atom is -0.224 e. The van der Waals surface area contributed by atoms with E-state index in [4.69, 9.17) is 0 Å². The maximum Gasteiger partial charge on any atom is 0.209 e. The van der Waals surface area contributed by atoms with Gasteiger partial charge in [-0.2, -0.15) is 0 Å². The van der Waals surface area contributed by atoms with E-state index in [-0.39, 0.29) is 9.79 Å². The zero-order valence-corrected chi connectivity index (χ0v) is 12.4. The standard InChI is InChI=1S/C13H10F2O4S2/c1-20(16,17)10-3-5-11(6-4-10)21(18,19)13-7-2-9(14)8-12(13)15/h2-8H,1H3. The molecular weight excluding hydrogens is 322 g/mol. The Balaban J connectivity index is 2.54. The van der Waals surface area contributed by atoms with E-state index in [0.29, 0.717) is 6.07 Å². The van der Waals surface area contributed by atoms with Crippen molar-refractivity contribution in [1.29, 1.82) is 0 Å². The van der Waals surface area contributed by atoms with Crippen LogP contribution in [0.2, 0.25) is 0 Å². The molecule has 0 saturated heterocycles. The largest absolute Gasteiger partial charge is 0.224 e. The van der Waals surface area contributed by atoms with Crippen molar-refractivity contribution in [2.45, 2.75) is 14.7 Å². The van der Waals surface area contributed by atoms with Crippen LogP contribution in [0.25, 0.3) is 0 Å². The number of rotatable bonds is 3. The SMILES string of the molecule is CS(=O)(=O)c1ccc(S(=O)(=O)c2ccc(F)cc2F)cc1. The molecule has 21 heavy (non-hydrogen) atoms. The molecule has 2 aromatic rings. The van der Waals surface area contributed by atoms with Crippen LogP contribution in [-0.4, -0.2) is 23.1 Å². The molecule has 8 heteroatoms. The maximum absolute atomic E-state index is 13.6.